The molecule has 2 rings (SSSR count). The monoisotopic (exact) mass is 276 g/mol. The zero-order valence-electron chi connectivity index (χ0n) is 11.4. The molecule has 2 heterocycles. The second-order valence-corrected chi connectivity index (χ2v) is 5.34. The summed E-state index contributed by atoms with van der Waals surface area (Å²) in [5.74, 6) is 0.823. The van der Waals surface area contributed by atoms with E-state index < -0.39 is 0 Å². The van der Waals surface area contributed by atoms with Crippen molar-refractivity contribution in [2.75, 3.05) is 6.54 Å². The molecular weight excluding hydrogens is 256 g/mol. The number of nitrogens with zero attached hydrogens (tertiary/aromatic N) is 1. The number of rotatable bonds is 7. The summed E-state index contributed by atoms with van der Waals surface area (Å²) in [5.41, 5.74) is 1.08. The van der Waals surface area contributed by atoms with Crippen LogP contribution in [0.25, 0.3) is 0 Å². The van der Waals surface area contributed by atoms with Crippen LogP contribution in [0.3, 0.4) is 0 Å². The number of aromatic nitrogens is 1. The first-order valence-electron chi connectivity index (χ1n) is 6.68. The highest BCUT2D eigenvalue weighted by molar-refractivity contribution is 7.09. The van der Waals surface area contributed by atoms with E-state index in [1.54, 1.807) is 11.3 Å². The molecule has 0 fully saturated rings. The van der Waals surface area contributed by atoms with Gasteiger partial charge in [-0.05, 0) is 36.5 Å². The molecule has 0 aliphatic rings. The molecule has 0 aliphatic heterocycles. The fraction of sp³-hybridized carbons (Fsp3) is 0.400. The van der Waals surface area contributed by atoms with Gasteiger partial charge in [-0.2, -0.15) is 0 Å². The van der Waals surface area contributed by atoms with Crippen LogP contribution in [-0.4, -0.2) is 11.5 Å². The maximum absolute atomic E-state index is 5.71. The van der Waals surface area contributed by atoms with Crippen LogP contribution < -0.4 is 10.1 Å². The average Bonchev–Trinajstić information content (AvgIpc) is 2.96. The summed E-state index contributed by atoms with van der Waals surface area (Å²) in [6.45, 7) is 5.84. The Morgan fingerprint density at radius 1 is 1.32 bits per heavy atom. The van der Waals surface area contributed by atoms with Gasteiger partial charge in [0.25, 0.3) is 0 Å². The van der Waals surface area contributed by atoms with E-state index in [9.17, 15) is 0 Å². The molecule has 0 saturated heterocycles. The van der Waals surface area contributed by atoms with Gasteiger partial charge in [-0.1, -0.05) is 19.9 Å². The topological polar surface area (TPSA) is 34.1 Å². The minimum absolute atomic E-state index is 0.330. The lowest BCUT2D eigenvalue weighted by Crippen LogP contribution is -2.20. The first kappa shape index (κ1) is 14.0. The second kappa shape index (κ2) is 7.26. The molecular formula is C15H20N2OS. The van der Waals surface area contributed by atoms with Gasteiger partial charge in [0.05, 0.1) is 11.9 Å². The standard InChI is InChI=1S/C15H20N2OS/c1-3-14(16-4-2)15-8-7-12(10-17-15)18-11-13-6-5-9-19-13/h5-10,14,16H,3-4,11H2,1-2H3. The van der Waals surface area contributed by atoms with Crippen molar-refractivity contribution in [3.63, 3.8) is 0 Å². The van der Waals surface area contributed by atoms with Crippen LogP contribution in [-0.2, 0) is 6.61 Å². The molecule has 2 aromatic heterocycles. The Labute approximate surface area is 118 Å². The minimum atomic E-state index is 0.330. The van der Waals surface area contributed by atoms with E-state index in [2.05, 4.69) is 35.6 Å². The highest BCUT2D eigenvalue weighted by atomic mass is 32.1. The van der Waals surface area contributed by atoms with Gasteiger partial charge in [0.1, 0.15) is 12.4 Å². The Kier molecular flexibility index (Phi) is 5.36. The molecule has 4 heteroatoms. The fourth-order valence-corrected chi connectivity index (χ4v) is 2.55. The van der Waals surface area contributed by atoms with Crippen molar-refractivity contribution in [1.29, 1.82) is 0 Å². The summed E-state index contributed by atoms with van der Waals surface area (Å²) < 4.78 is 5.71. The summed E-state index contributed by atoms with van der Waals surface area (Å²) in [5, 5.41) is 5.48. The number of hydrogen-bond acceptors (Lipinski definition) is 4. The van der Waals surface area contributed by atoms with E-state index in [0.29, 0.717) is 12.6 Å². The van der Waals surface area contributed by atoms with E-state index in [-0.39, 0.29) is 0 Å². The van der Waals surface area contributed by atoms with E-state index in [4.69, 9.17) is 4.74 Å². The van der Waals surface area contributed by atoms with E-state index in [0.717, 1.165) is 24.4 Å². The largest absolute Gasteiger partial charge is 0.486 e. The van der Waals surface area contributed by atoms with Crippen LogP contribution in [0.1, 0.15) is 36.9 Å². The Balaban J connectivity index is 1.93. The smallest absolute Gasteiger partial charge is 0.138 e. The second-order valence-electron chi connectivity index (χ2n) is 4.31. The van der Waals surface area contributed by atoms with Crippen molar-refractivity contribution in [3.8, 4) is 5.75 Å². The first-order valence-corrected chi connectivity index (χ1v) is 7.56. The Hall–Kier alpha value is -1.39. The number of ether oxygens (including phenoxy) is 1. The molecule has 102 valence electrons. The van der Waals surface area contributed by atoms with Crippen LogP contribution in [0.4, 0.5) is 0 Å². The predicted molar refractivity (Wildman–Crippen MR) is 79.6 cm³/mol. The SMILES string of the molecule is CCNC(CC)c1ccc(OCc2cccs2)cn1. The van der Waals surface area contributed by atoms with Crippen LogP contribution >= 0.6 is 11.3 Å². The van der Waals surface area contributed by atoms with Crippen LogP contribution in [0.5, 0.6) is 5.75 Å². The summed E-state index contributed by atoms with van der Waals surface area (Å²) >= 11 is 1.71. The van der Waals surface area contributed by atoms with E-state index >= 15 is 0 Å². The third-order valence-electron chi connectivity index (χ3n) is 2.94. The first-order chi connectivity index (χ1) is 9.33. The van der Waals surface area contributed by atoms with Gasteiger partial charge in [0.15, 0.2) is 0 Å². The summed E-state index contributed by atoms with van der Waals surface area (Å²) in [6.07, 6.45) is 2.85. The molecule has 2 aromatic rings. The normalized spacial score (nSPS) is 12.3. The zero-order chi connectivity index (χ0) is 13.5. The Morgan fingerprint density at radius 3 is 2.79 bits per heavy atom. The fourth-order valence-electron chi connectivity index (χ4n) is 1.94. The summed E-state index contributed by atoms with van der Waals surface area (Å²) in [7, 11) is 0. The Morgan fingerprint density at radius 2 is 2.21 bits per heavy atom. The molecule has 0 spiro atoms. The molecule has 1 N–H and O–H groups in total. The maximum Gasteiger partial charge on any atom is 0.138 e. The van der Waals surface area contributed by atoms with Crippen LogP contribution in [0.15, 0.2) is 35.8 Å². The average molecular weight is 276 g/mol. The molecule has 19 heavy (non-hydrogen) atoms. The van der Waals surface area contributed by atoms with Gasteiger partial charge in [-0.25, -0.2) is 0 Å². The van der Waals surface area contributed by atoms with Crippen molar-refractivity contribution < 1.29 is 4.74 Å². The molecule has 1 unspecified atom stereocenters. The summed E-state index contributed by atoms with van der Waals surface area (Å²) in [6, 6.07) is 8.48. The van der Waals surface area contributed by atoms with E-state index in [1.807, 2.05) is 24.4 Å². The lowest BCUT2D eigenvalue weighted by atomic mass is 10.1. The highest BCUT2D eigenvalue weighted by Gasteiger charge is 2.08. The molecule has 0 bridgehead atoms. The van der Waals surface area contributed by atoms with Crippen LogP contribution in [0, 0.1) is 0 Å². The molecule has 0 saturated carbocycles. The lowest BCUT2D eigenvalue weighted by molar-refractivity contribution is 0.308. The van der Waals surface area contributed by atoms with Gasteiger partial charge < -0.3 is 10.1 Å². The number of nitrogens with one attached hydrogen (secondary N) is 1. The molecule has 0 amide bonds. The predicted octanol–water partition coefficient (Wildman–Crippen LogP) is 3.78. The van der Waals surface area contributed by atoms with Crippen molar-refractivity contribution >= 4 is 11.3 Å². The van der Waals surface area contributed by atoms with Gasteiger partial charge >= 0.3 is 0 Å². The molecule has 0 aromatic carbocycles. The molecule has 0 radical (unpaired) electrons. The zero-order valence-corrected chi connectivity index (χ0v) is 12.2. The van der Waals surface area contributed by atoms with Gasteiger partial charge in [0.2, 0.25) is 0 Å². The molecule has 0 aliphatic carbocycles. The number of hydrogen-bond donors (Lipinski definition) is 1. The van der Waals surface area contributed by atoms with E-state index in [1.165, 1.54) is 4.88 Å². The third-order valence-corrected chi connectivity index (χ3v) is 3.79. The molecule has 3 nitrogen and oxygen atoms in total. The van der Waals surface area contributed by atoms with Crippen LogP contribution in [0.2, 0.25) is 0 Å². The van der Waals surface area contributed by atoms with Gasteiger partial charge in [-0.15, -0.1) is 11.3 Å². The van der Waals surface area contributed by atoms with Crippen molar-refractivity contribution in [1.82, 2.24) is 10.3 Å². The number of thiophene rings is 1. The highest BCUT2D eigenvalue weighted by Crippen LogP contribution is 2.18. The van der Waals surface area contributed by atoms with Gasteiger partial charge in [-0.3, -0.25) is 4.98 Å². The van der Waals surface area contributed by atoms with Crippen molar-refractivity contribution in [2.45, 2.75) is 32.9 Å². The summed E-state index contributed by atoms with van der Waals surface area (Å²) in [4.78, 5) is 5.71. The van der Waals surface area contributed by atoms with Crippen molar-refractivity contribution in [3.05, 3.63) is 46.4 Å². The third kappa shape index (κ3) is 4.04. The maximum atomic E-state index is 5.71. The van der Waals surface area contributed by atoms with Gasteiger partial charge in [0, 0.05) is 10.9 Å². The minimum Gasteiger partial charge on any atom is -0.486 e. The number of pyridine rings is 1. The van der Waals surface area contributed by atoms with Crippen molar-refractivity contribution in [2.24, 2.45) is 0 Å². The lowest BCUT2D eigenvalue weighted by Gasteiger charge is -2.15. The Bertz CT molecular complexity index is 467. The molecule has 1 atom stereocenters. The quantitative estimate of drug-likeness (QED) is 0.835.